The fourth-order valence-corrected chi connectivity index (χ4v) is 5.70. The lowest BCUT2D eigenvalue weighted by Crippen LogP contribution is -2.67. The molecule has 4 atom stereocenters. The van der Waals surface area contributed by atoms with E-state index in [9.17, 15) is 24.9 Å². The lowest BCUT2D eigenvalue weighted by Gasteiger charge is -2.60. The topological polar surface area (TPSA) is 125 Å². The molecule has 3 aliphatic carbocycles. The SMILES string of the molecule is CCCNC(=O)C1C(C(=O)O)C2(OCC(C)O)c3ccccc3C1(OCC(C)O)c1ccccc12. The van der Waals surface area contributed by atoms with Crippen LogP contribution in [0, 0.1) is 11.8 Å². The highest BCUT2D eigenvalue weighted by molar-refractivity contribution is 5.91. The molecular weight excluding hydrogens is 450 g/mol. The number of ether oxygens (including phenoxy) is 2. The minimum atomic E-state index is -1.53. The quantitative estimate of drug-likeness (QED) is 0.408. The highest BCUT2D eigenvalue weighted by atomic mass is 16.5. The van der Waals surface area contributed by atoms with Crippen LogP contribution in [0.15, 0.2) is 48.5 Å². The summed E-state index contributed by atoms with van der Waals surface area (Å²) < 4.78 is 12.8. The molecule has 0 fully saturated rings. The van der Waals surface area contributed by atoms with Gasteiger partial charge in [0.1, 0.15) is 17.1 Å². The number of nitrogens with one attached hydrogen (secondary N) is 1. The molecule has 188 valence electrons. The standard InChI is InChI=1S/C27H33NO7/c1-4-13-28-24(31)22-23(25(32)33)27(35-15-17(3)30)20-11-7-5-9-18(20)26(22,34-14-16(2)29)19-10-6-8-12-21(19)27/h5-12,16-17,22-23,29-30H,4,13-15H2,1-3H3,(H,28,31)(H,32,33). The highest BCUT2D eigenvalue weighted by Gasteiger charge is 2.71. The predicted octanol–water partition coefficient (Wildman–Crippen LogP) is 2.14. The number of carboxylic acid groups (broad SMARTS) is 1. The molecule has 0 saturated heterocycles. The van der Waals surface area contributed by atoms with Gasteiger partial charge < -0.3 is 30.1 Å². The van der Waals surface area contributed by atoms with E-state index >= 15 is 0 Å². The van der Waals surface area contributed by atoms with Gasteiger partial charge in [-0.05, 0) is 42.5 Å². The first-order valence-electron chi connectivity index (χ1n) is 12.1. The van der Waals surface area contributed by atoms with E-state index in [0.29, 0.717) is 35.2 Å². The van der Waals surface area contributed by atoms with Gasteiger partial charge in [-0.1, -0.05) is 55.5 Å². The third-order valence-electron chi connectivity index (χ3n) is 6.87. The Labute approximate surface area is 204 Å². The molecular formula is C27H33NO7. The Kier molecular flexibility index (Phi) is 7.02. The molecule has 8 heteroatoms. The number of rotatable bonds is 10. The zero-order valence-corrected chi connectivity index (χ0v) is 20.2. The van der Waals surface area contributed by atoms with E-state index < -0.39 is 47.1 Å². The summed E-state index contributed by atoms with van der Waals surface area (Å²) >= 11 is 0. The lowest BCUT2D eigenvalue weighted by molar-refractivity contribution is -0.204. The van der Waals surface area contributed by atoms with Crippen molar-refractivity contribution in [1.29, 1.82) is 0 Å². The second-order valence-electron chi connectivity index (χ2n) is 9.47. The number of carboxylic acids is 1. The summed E-state index contributed by atoms with van der Waals surface area (Å²) in [6.07, 6.45) is -1.02. The normalized spacial score (nSPS) is 28.0. The summed E-state index contributed by atoms with van der Waals surface area (Å²) in [5.74, 6) is -4.21. The van der Waals surface area contributed by atoms with Crippen molar-refractivity contribution >= 4 is 11.9 Å². The lowest BCUT2D eigenvalue weighted by atomic mass is 9.49. The van der Waals surface area contributed by atoms with Crippen LogP contribution in [0.1, 0.15) is 49.4 Å². The van der Waals surface area contributed by atoms with Crippen molar-refractivity contribution in [2.75, 3.05) is 19.8 Å². The summed E-state index contributed by atoms with van der Waals surface area (Å²) in [6, 6.07) is 14.5. The van der Waals surface area contributed by atoms with Crippen LogP contribution in [0.25, 0.3) is 0 Å². The first kappa shape index (κ1) is 25.3. The van der Waals surface area contributed by atoms with Crippen molar-refractivity contribution in [2.45, 2.75) is 50.6 Å². The minimum absolute atomic E-state index is 0.103. The van der Waals surface area contributed by atoms with Crippen LogP contribution in [0.5, 0.6) is 0 Å². The number of aliphatic hydroxyl groups is 2. The van der Waals surface area contributed by atoms with Crippen LogP contribution in [0.4, 0.5) is 0 Å². The Balaban J connectivity index is 2.10. The van der Waals surface area contributed by atoms with E-state index in [-0.39, 0.29) is 13.2 Å². The van der Waals surface area contributed by atoms with E-state index in [4.69, 9.17) is 9.47 Å². The average Bonchev–Trinajstić information content (AvgIpc) is 2.84. The second kappa shape index (κ2) is 9.70. The van der Waals surface area contributed by atoms with Gasteiger partial charge in [-0.2, -0.15) is 0 Å². The van der Waals surface area contributed by atoms with Crippen molar-refractivity contribution in [3.05, 3.63) is 70.8 Å². The Morgan fingerprint density at radius 1 is 0.857 bits per heavy atom. The van der Waals surface area contributed by atoms with E-state index in [0.717, 1.165) is 0 Å². The first-order chi connectivity index (χ1) is 16.7. The van der Waals surface area contributed by atoms with Crippen molar-refractivity contribution in [1.82, 2.24) is 5.32 Å². The summed E-state index contributed by atoms with van der Waals surface area (Å²) in [6.45, 7) is 5.21. The number of hydrogen-bond donors (Lipinski definition) is 4. The molecule has 0 saturated carbocycles. The van der Waals surface area contributed by atoms with Gasteiger partial charge in [0.25, 0.3) is 0 Å². The molecule has 2 aromatic rings. The van der Waals surface area contributed by atoms with Crippen molar-refractivity contribution in [3.63, 3.8) is 0 Å². The van der Waals surface area contributed by atoms with Gasteiger partial charge in [0, 0.05) is 6.54 Å². The van der Waals surface area contributed by atoms with E-state index in [1.54, 1.807) is 38.1 Å². The zero-order chi connectivity index (χ0) is 25.4. The molecule has 0 aliphatic heterocycles. The fraction of sp³-hybridized carbons (Fsp3) is 0.481. The molecule has 0 spiro atoms. The van der Waals surface area contributed by atoms with Crippen LogP contribution in [-0.2, 0) is 30.3 Å². The third-order valence-corrected chi connectivity index (χ3v) is 6.87. The summed E-state index contributed by atoms with van der Waals surface area (Å²) in [5.41, 5.74) is -0.576. The van der Waals surface area contributed by atoms with Crippen molar-refractivity contribution in [2.24, 2.45) is 11.8 Å². The van der Waals surface area contributed by atoms with E-state index in [2.05, 4.69) is 5.32 Å². The van der Waals surface area contributed by atoms with Gasteiger partial charge in [-0.15, -0.1) is 0 Å². The molecule has 8 nitrogen and oxygen atoms in total. The van der Waals surface area contributed by atoms with E-state index in [1.165, 1.54) is 0 Å². The maximum atomic E-state index is 13.8. The van der Waals surface area contributed by atoms with Crippen molar-refractivity contribution < 1.29 is 34.4 Å². The Bertz CT molecular complexity index is 1050. The third kappa shape index (κ3) is 3.85. The summed E-state index contributed by atoms with van der Waals surface area (Å²) in [5, 5.41) is 33.8. The Morgan fingerprint density at radius 3 is 1.60 bits per heavy atom. The molecule has 2 aromatic carbocycles. The maximum absolute atomic E-state index is 13.8. The number of aliphatic hydroxyl groups excluding tert-OH is 2. The van der Waals surface area contributed by atoms with Crippen LogP contribution in [0.3, 0.4) is 0 Å². The number of hydrogen-bond acceptors (Lipinski definition) is 6. The number of amides is 1. The predicted molar refractivity (Wildman–Crippen MR) is 128 cm³/mol. The fourth-order valence-electron chi connectivity index (χ4n) is 5.70. The highest BCUT2D eigenvalue weighted by Crippen LogP contribution is 2.65. The van der Waals surface area contributed by atoms with Crippen LogP contribution >= 0.6 is 0 Å². The maximum Gasteiger partial charge on any atom is 0.311 e. The van der Waals surface area contributed by atoms with Crippen molar-refractivity contribution in [3.8, 4) is 0 Å². The number of carbonyl (C=O) groups is 2. The van der Waals surface area contributed by atoms with Crippen LogP contribution in [-0.4, -0.2) is 59.2 Å². The average molecular weight is 484 g/mol. The molecule has 0 radical (unpaired) electrons. The molecule has 0 aromatic heterocycles. The van der Waals surface area contributed by atoms with Gasteiger partial charge in [0.2, 0.25) is 5.91 Å². The number of benzene rings is 2. The van der Waals surface area contributed by atoms with Gasteiger partial charge >= 0.3 is 5.97 Å². The first-order valence-corrected chi connectivity index (χ1v) is 12.1. The van der Waals surface area contributed by atoms with Gasteiger partial charge in [0.05, 0.1) is 31.3 Å². The van der Waals surface area contributed by atoms with Gasteiger partial charge in [-0.3, -0.25) is 9.59 Å². The second-order valence-corrected chi connectivity index (χ2v) is 9.47. The molecule has 4 unspecified atom stereocenters. The minimum Gasteiger partial charge on any atom is -0.481 e. The molecule has 4 N–H and O–H groups in total. The van der Waals surface area contributed by atoms with Gasteiger partial charge in [-0.25, -0.2) is 0 Å². The molecule has 3 aliphatic rings. The number of aliphatic carboxylic acids is 1. The monoisotopic (exact) mass is 483 g/mol. The van der Waals surface area contributed by atoms with Gasteiger partial charge in [0.15, 0.2) is 0 Å². The largest absolute Gasteiger partial charge is 0.481 e. The molecule has 35 heavy (non-hydrogen) atoms. The van der Waals surface area contributed by atoms with Crippen LogP contribution < -0.4 is 5.32 Å². The molecule has 2 bridgehead atoms. The molecule has 0 heterocycles. The summed E-state index contributed by atoms with van der Waals surface area (Å²) in [4.78, 5) is 26.8. The molecule has 5 rings (SSSR count). The number of carbonyl (C=O) groups excluding carboxylic acids is 1. The Hall–Kier alpha value is -2.78. The zero-order valence-electron chi connectivity index (χ0n) is 20.2. The van der Waals surface area contributed by atoms with Crippen LogP contribution in [0.2, 0.25) is 0 Å². The summed E-state index contributed by atoms with van der Waals surface area (Å²) in [7, 11) is 0. The number of fused-ring (bicyclic) bond motifs is 1. The Morgan fingerprint density at radius 2 is 1.26 bits per heavy atom. The van der Waals surface area contributed by atoms with E-state index in [1.807, 2.05) is 31.2 Å². The molecule has 1 amide bonds. The smallest absolute Gasteiger partial charge is 0.311 e.